The van der Waals surface area contributed by atoms with Gasteiger partial charge in [-0.05, 0) is 18.1 Å². The summed E-state index contributed by atoms with van der Waals surface area (Å²) in [5.74, 6) is 0. The molecule has 0 fully saturated rings. The summed E-state index contributed by atoms with van der Waals surface area (Å²) in [4.78, 5) is 0. The first-order valence-electron chi connectivity index (χ1n) is 4.77. The Hall–Kier alpha value is -1.12. The Morgan fingerprint density at radius 2 is 2.00 bits per heavy atom. The Morgan fingerprint density at radius 1 is 1.36 bits per heavy atom. The zero-order chi connectivity index (χ0) is 10.4. The van der Waals surface area contributed by atoms with Gasteiger partial charge in [-0.3, -0.25) is 0 Å². The molecule has 2 heteroatoms. The van der Waals surface area contributed by atoms with Crippen LogP contribution in [0.1, 0.15) is 24.2 Å². The minimum absolute atomic E-state index is 0.155. The highest BCUT2D eigenvalue weighted by molar-refractivity contribution is 5.49. The van der Waals surface area contributed by atoms with E-state index < -0.39 is 0 Å². The van der Waals surface area contributed by atoms with Gasteiger partial charge in [-0.2, -0.15) is 0 Å². The third-order valence-corrected chi connectivity index (χ3v) is 2.21. The minimum Gasteiger partial charge on any atom is -0.377 e. The van der Waals surface area contributed by atoms with Crippen molar-refractivity contribution in [2.75, 3.05) is 13.7 Å². The van der Waals surface area contributed by atoms with E-state index in [-0.39, 0.29) is 6.10 Å². The van der Waals surface area contributed by atoms with Crippen LogP contribution in [0.15, 0.2) is 30.3 Å². The number of rotatable bonds is 4. The maximum absolute atomic E-state index is 5.37. The van der Waals surface area contributed by atoms with Gasteiger partial charge in [-0.15, -0.1) is 0 Å². The number of hydrogen-bond acceptors (Lipinski definition) is 2. The molecule has 0 bridgehead atoms. The van der Waals surface area contributed by atoms with Gasteiger partial charge in [0, 0.05) is 13.7 Å². The standard InChI is InChI=1S/C12H17NO/c1-10(14-2)12-7-5-11(6-8-12)4-3-9-13/h3-8,10H,9,13H2,1-2H3/b4-3+. The largest absolute Gasteiger partial charge is 0.377 e. The smallest absolute Gasteiger partial charge is 0.0793 e. The summed E-state index contributed by atoms with van der Waals surface area (Å²) < 4.78 is 5.22. The monoisotopic (exact) mass is 191 g/mol. The summed E-state index contributed by atoms with van der Waals surface area (Å²) in [6.45, 7) is 2.61. The first-order chi connectivity index (χ1) is 6.77. The number of hydrogen-bond donors (Lipinski definition) is 1. The van der Waals surface area contributed by atoms with E-state index in [9.17, 15) is 0 Å². The van der Waals surface area contributed by atoms with Crippen molar-refractivity contribution in [1.82, 2.24) is 0 Å². The molecule has 0 aromatic heterocycles. The maximum atomic E-state index is 5.37. The van der Waals surface area contributed by atoms with E-state index in [4.69, 9.17) is 10.5 Å². The summed E-state index contributed by atoms with van der Waals surface area (Å²) in [5, 5.41) is 0. The molecule has 1 atom stereocenters. The molecule has 76 valence electrons. The van der Waals surface area contributed by atoms with Crippen LogP contribution in [0.3, 0.4) is 0 Å². The molecule has 0 aliphatic heterocycles. The van der Waals surface area contributed by atoms with Crippen LogP contribution in [-0.4, -0.2) is 13.7 Å². The molecule has 1 aromatic carbocycles. The van der Waals surface area contributed by atoms with Crippen LogP contribution in [0.5, 0.6) is 0 Å². The van der Waals surface area contributed by atoms with Crippen molar-refractivity contribution >= 4 is 6.08 Å². The number of ether oxygens (including phenoxy) is 1. The number of nitrogens with two attached hydrogens (primary N) is 1. The Kier molecular flexibility index (Phi) is 4.36. The maximum Gasteiger partial charge on any atom is 0.0793 e. The van der Waals surface area contributed by atoms with Crippen LogP contribution in [0.4, 0.5) is 0 Å². The second-order valence-corrected chi connectivity index (χ2v) is 3.18. The van der Waals surface area contributed by atoms with Crippen LogP contribution in [0.2, 0.25) is 0 Å². The molecule has 2 nitrogen and oxygen atoms in total. The van der Waals surface area contributed by atoms with Crippen molar-refractivity contribution in [3.8, 4) is 0 Å². The fraction of sp³-hybridized carbons (Fsp3) is 0.333. The van der Waals surface area contributed by atoms with E-state index in [1.54, 1.807) is 7.11 Å². The predicted molar refractivity (Wildman–Crippen MR) is 60.0 cm³/mol. The SMILES string of the molecule is COC(C)c1ccc(/C=C/CN)cc1. The van der Waals surface area contributed by atoms with Gasteiger partial charge in [0.15, 0.2) is 0 Å². The molecule has 0 aliphatic rings. The quantitative estimate of drug-likeness (QED) is 0.793. The molecule has 0 saturated heterocycles. The zero-order valence-electron chi connectivity index (χ0n) is 8.73. The third-order valence-electron chi connectivity index (χ3n) is 2.21. The average Bonchev–Trinajstić information content (AvgIpc) is 2.26. The zero-order valence-corrected chi connectivity index (χ0v) is 8.73. The van der Waals surface area contributed by atoms with Gasteiger partial charge < -0.3 is 10.5 Å². The fourth-order valence-corrected chi connectivity index (χ4v) is 1.22. The average molecular weight is 191 g/mol. The highest BCUT2D eigenvalue weighted by Crippen LogP contribution is 2.16. The van der Waals surface area contributed by atoms with E-state index in [1.165, 1.54) is 11.1 Å². The Bertz CT molecular complexity index is 290. The van der Waals surface area contributed by atoms with E-state index >= 15 is 0 Å². The van der Waals surface area contributed by atoms with Crippen LogP contribution >= 0.6 is 0 Å². The van der Waals surface area contributed by atoms with Gasteiger partial charge in [-0.25, -0.2) is 0 Å². The van der Waals surface area contributed by atoms with Gasteiger partial charge in [0.05, 0.1) is 6.10 Å². The molecule has 1 aromatic rings. The molecule has 0 amide bonds. The van der Waals surface area contributed by atoms with Gasteiger partial charge in [0.2, 0.25) is 0 Å². The molecule has 1 unspecified atom stereocenters. The first-order valence-corrected chi connectivity index (χ1v) is 4.77. The molecule has 1 rings (SSSR count). The van der Waals surface area contributed by atoms with Gasteiger partial charge in [0.25, 0.3) is 0 Å². The molecular formula is C12H17NO. The van der Waals surface area contributed by atoms with Crippen LogP contribution in [0.25, 0.3) is 6.08 Å². The van der Waals surface area contributed by atoms with Crippen molar-refractivity contribution < 1.29 is 4.74 Å². The summed E-state index contributed by atoms with van der Waals surface area (Å²) >= 11 is 0. The topological polar surface area (TPSA) is 35.2 Å². The van der Waals surface area contributed by atoms with Crippen molar-refractivity contribution in [2.45, 2.75) is 13.0 Å². The molecule has 0 spiro atoms. The molecule has 0 heterocycles. The molecule has 14 heavy (non-hydrogen) atoms. The molecular weight excluding hydrogens is 174 g/mol. The molecule has 0 aliphatic carbocycles. The van der Waals surface area contributed by atoms with E-state index in [2.05, 4.69) is 24.3 Å². The van der Waals surface area contributed by atoms with Crippen LogP contribution in [-0.2, 0) is 4.74 Å². The normalized spacial score (nSPS) is 13.4. The van der Waals surface area contributed by atoms with Crippen molar-refractivity contribution in [3.05, 3.63) is 41.5 Å². The summed E-state index contributed by atoms with van der Waals surface area (Å²) in [5.41, 5.74) is 7.73. The van der Waals surface area contributed by atoms with Gasteiger partial charge in [0.1, 0.15) is 0 Å². The van der Waals surface area contributed by atoms with Crippen molar-refractivity contribution in [3.63, 3.8) is 0 Å². The lowest BCUT2D eigenvalue weighted by molar-refractivity contribution is 0.119. The van der Waals surface area contributed by atoms with Crippen LogP contribution < -0.4 is 5.73 Å². The Labute approximate surface area is 85.4 Å². The van der Waals surface area contributed by atoms with E-state index in [0.717, 1.165) is 0 Å². The summed E-state index contributed by atoms with van der Waals surface area (Å²) in [6, 6.07) is 8.28. The molecule has 0 radical (unpaired) electrons. The van der Waals surface area contributed by atoms with Gasteiger partial charge >= 0.3 is 0 Å². The fourth-order valence-electron chi connectivity index (χ4n) is 1.22. The highest BCUT2D eigenvalue weighted by atomic mass is 16.5. The lowest BCUT2D eigenvalue weighted by atomic mass is 10.1. The van der Waals surface area contributed by atoms with E-state index in [1.807, 2.05) is 19.1 Å². The lowest BCUT2D eigenvalue weighted by Crippen LogP contribution is -1.95. The Balaban J connectivity index is 2.73. The molecule has 2 N–H and O–H groups in total. The lowest BCUT2D eigenvalue weighted by Gasteiger charge is -2.09. The van der Waals surface area contributed by atoms with Crippen molar-refractivity contribution in [2.24, 2.45) is 5.73 Å². The summed E-state index contributed by atoms with van der Waals surface area (Å²) in [6.07, 6.45) is 4.11. The van der Waals surface area contributed by atoms with E-state index in [0.29, 0.717) is 6.54 Å². The third kappa shape index (κ3) is 2.98. The van der Waals surface area contributed by atoms with Crippen LogP contribution in [0, 0.1) is 0 Å². The summed E-state index contributed by atoms with van der Waals surface area (Å²) in [7, 11) is 1.72. The number of methoxy groups -OCH3 is 1. The molecule has 0 saturated carbocycles. The first kappa shape index (κ1) is 11.0. The predicted octanol–water partition coefficient (Wildman–Crippen LogP) is 2.37. The second kappa shape index (κ2) is 5.58. The minimum atomic E-state index is 0.155. The number of benzene rings is 1. The van der Waals surface area contributed by atoms with Crippen molar-refractivity contribution in [1.29, 1.82) is 0 Å². The Morgan fingerprint density at radius 3 is 2.50 bits per heavy atom. The van der Waals surface area contributed by atoms with Gasteiger partial charge in [-0.1, -0.05) is 36.4 Å². The second-order valence-electron chi connectivity index (χ2n) is 3.18. The highest BCUT2D eigenvalue weighted by Gasteiger charge is 2.01.